The molecule has 21 heavy (non-hydrogen) atoms. The summed E-state index contributed by atoms with van der Waals surface area (Å²) in [6.45, 7) is 0. The Labute approximate surface area is 123 Å². The van der Waals surface area contributed by atoms with Crippen molar-refractivity contribution < 1.29 is 9.47 Å². The molecule has 3 rings (SSSR count). The summed E-state index contributed by atoms with van der Waals surface area (Å²) in [4.78, 5) is 4.50. The second-order valence-electron chi connectivity index (χ2n) is 4.71. The van der Waals surface area contributed by atoms with E-state index in [1.165, 1.54) is 0 Å². The first kappa shape index (κ1) is 13.2. The minimum atomic E-state index is 0.690. The second kappa shape index (κ2) is 5.32. The summed E-state index contributed by atoms with van der Waals surface area (Å²) in [7, 11) is 3.26. The van der Waals surface area contributed by atoms with E-state index in [0.717, 1.165) is 27.7 Å². The van der Waals surface area contributed by atoms with Gasteiger partial charge in [-0.05, 0) is 35.7 Å². The van der Waals surface area contributed by atoms with Gasteiger partial charge in [-0.2, -0.15) is 0 Å². The third-order valence-electron chi connectivity index (χ3n) is 3.45. The molecule has 0 saturated heterocycles. The fraction of sp³-hybridized carbons (Fsp3) is 0.118. The molecule has 0 radical (unpaired) electrons. The summed E-state index contributed by atoms with van der Waals surface area (Å²) in [5.74, 6) is 1.40. The van der Waals surface area contributed by atoms with Crippen LogP contribution in [-0.4, -0.2) is 19.2 Å². The highest BCUT2D eigenvalue weighted by molar-refractivity contribution is 5.96. The van der Waals surface area contributed by atoms with E-state index < -0.39 is 0 Å². The Morgan fingerprint density at radius 2 is 1.57 bits per heavy atom. The average Bonchev–Trinajstić information content (AvgIpc) is 2.53. The Morgan fingerprint density at radius 1 is 0.905 bits per heavy atom. The molecule has 0 aliphatic carbocycles. The van der Waals surface area contributed by atoms with Crippen molar-refractivity contribution in [3.05, 3.63) is 48.7 Å². The summed E-state index contributed by atoms with van der Waals surface area (Å²) in [5.41, 5.74) is 8.39. The van der Waals surface area contributed by atoms with E-state index in [2.05, 4.69) is 4.98 Å². The van der Waals surface area contributed by atoms with Gasteiger partial charge in [0.25, 0.3) is 0 Å². The number of anilines is 1. The molecule has 106 valence electrons. The zero-order valence-electron chi connectivity index (χ0n) is 12.0. The number of nitrogen functional groups attached to an aromatic ring is 1. The molecule has 0 unspecified atom stereocenters. The highest BCUT2D eigenvalue weighted by Gasteiger charge is 2.10. The number of ether oxygens (including phenoxy) is 2. The van der Waals surface area contributed by atoms with Crippen molar-refractivity contribution in [1.82, 2.24) is 4.98 Å². The van der Waals surface area contributed by atoms with E-state index in [9.17, 15) is 0 Å². The third kappa shape index (κ3) is 2.36. The first-order valence-electron chi connectivity index (χ1n) is 6.59. The molecule has 0 aliphatic rings. The van der Waals surface area contributed by atoms with Gasteiger partial charge in [-0.1, -0.05) is 12.1 Å². The lowest BCUT2D eigenvalue weighted by atomic mass is 10.0. The highest BCUT2D eigenvalue weighted by Crippen LogP contribution is 2.36. The number of pyridine rings is 1. The van der Waals surface area contributed by atoms with Crippen LogP contribution in [0.15, 0.2) is 48.7 Å². The normalized spacial score (nSPS) is 10.6. The molecule has 2 N–H and O–H groups in total. The van der Waals surface area contributed by atoms with Gasteiger partial charge in [0.05, 0.1) is 19.9 Å². The molecule has 2 aromatic carbocycles. The average molecular weight is 280 g/mol. The van der Waals surface area contributed by atoms with E-state index in [1.807, 2.05) is 42.5 Å². The Morgan fingerprint density at radius 3 is 2.24 bits per heavy atom. The molecule has 1 heterocycles. The van der Waals surface area contributed by atoms with Gasteiger partial charge in [-0.25, -0.2) is 0 Å². The Hall–Kier alpha value is -2.75. The highest BCUT2D eigenvalue weighted by atomic mass is 16.5. The maximum absolute atomic E-state index is 5.74. The lowest BCUT2D eigenvalue weighted by Crippen LogP contribution is -1.93. The van der Waals surface area contributed by atoms with E-state index in [-0.39, 0.29) is 0 Å². The quantitative estimate of drug-likeness (QED) is 0.746. The SMILES string of the molecule is COc1cc2ccnc(-c3ccc(N)cc3)c2cc1OC. The molecule has 3 aromatic rings. The smallest absolute Gasteiger partial charge is 0.161 e. The van der Waals surface area contributed by atoms with E-state index >= 15 is 0 Å². The van der Waals surface area contributed by atoms with Gasteiger partial charge in [0, 0.05) is 22.8 Å². The standard InChI is InChI=1S/C17H16N2O2/c1-20-15-9-12-7-8-19-17(14(12)10-16(15)21-2)11-3-5-13(18)6-4-11/h3-10H,18H2,1-2H3. The fourth-order valence-corrected chi connectivity index (χ4v) is 2.37. The molecule has 1 aromatic heterocycles. The van der Waals surface area contributed by atoms with Crippen LogP contribution in [0.1, 0.15) is 0 Å². The van der Waals surface area contributed by atoms with Crippen LogP contribution in [-0.2, 0) is 0 Å². The number of benzene rings is 2. The van der Waals surface area contributed by atoms with Crippen molar-refractivity contribution in [2.75, 3.05) is 20.0 Å². The number of hydrogen-bond donors (Lipinski definition) is 1. The predicted octanol–water partition coefficient (Wildman–Crippen LogP) is 3.50. The van der Waals surface area contributed by atoms with Crippen molar-refractivity contribution in [1.29, 1.82) is 0 Å². The van der Waals surface area contributed by atoms with Gasteiger partial charge in [-0.3, -0.25) is 4.98 Å². The Bertz CT molecular complexity index is 783. The third-order valence-corrected chi connectivity index (χ3v) is 3.45. The first-order valence-corrected chi connectivity index (χ1v) is 6.59. The van der Waals surface area contributed by atoms with E-state index in [1.54, 1.807) is 20.4 Å². The monoisotopic (exact) mass is 280 g/mol. The van der Waals surface area contributed by atoms with Crippen LogP contribution in [0.4, 0.5) is 5.69 Å². The number of fused-ring (bicyclic) bond motifs is 1. The van der Waals surface area contributed by atoms with E-state index in [4.69, 9.17) is 15.2 Å². The van der Waals surface area contributed by atoms with Crippen molar-refractivity contribution in [3.63, 3.8) is 0 Å². The van der Waals surface area contributed by atoms with Crippen LogP contribution < -0.4 is 15.2 Å². The summed E-state index contributed by atoms with van der Waals surface area (Å²) >= 11 is 0. The maximum Gasteiger partial charge on any atom is 0.161 e. The van der Waals surface area contributed by atoms with E-state index in [0.29, 0.717) is 11.5 Å². The van der Waals surface area contributed by atoms with Crippen LogP contribution in [0.5, 0.6) is 11.5 Å². The van der Waals surface area contributed by atoms with Crippen molar-refractivity contribution >= 4 is 16.5 Å². The van der Waals surface area contributed by atoms with Gasteiger partial charge in [0.1, 0.15) is 0 Å². The molecule has 0 amide bonds. The molecule has 4 heteroatoms. The van der Waals surface area contributed by atoms with Crippen LogP contribution in [0.25, 0.3) is 22.0 Å². The zero-order valence-corrected chi connectivity index (χ0v) is 12.0. The number of rotatable bonds is 3. The molecule has 0 atom stereocenters. The fourth-order valence-electron chi connectivity index (χ4n) is 2.37. The van der Waals surface area contributed by atoms with Gasteiger partial charge in [0.15, 0.2) is 11.5 Å². The predicted molar refractivity (Wildman–Crippen MR) is 84.7 cm³/mol. The zero-order chi connectivity index (χ0) is 14.8. The number of aromatic nitrogens is 1. The molecular formula is C17H16N2O2. The molecular weight excluding hydrogens is 264 g/mol. The van der Waals surface area contributed by atoms with Crippen LogP contribution in [0.2, 0.25) is 0 Å². The first-order chi connectivity index (χ1) is 10.2. The number of nitrogens with two attached hydrogens (primary N) is 1. The molecule has 0 spiro atoms. The summed E-state index contributed by atoms with van der Waals surface area (Å²) < 4.78 is 10.7. The molecule has 0 saturated carbocycles. The minimum Gasteiger partial charge on any atom is -0.493 e. The minimum absolute atomic E-state index is 0.690. The lowest BCUT2D eigenvalue weighted by molar-refractivity contribution is 0.356. The molecule has 4 nitrogen and oxygen atoms in total. The summed E-state index contributed by atoms with van der Waals surface area (Å²) in [5, 5.41) is 2.06. The van der Waals surface area contributed by atoms with Crippen LogP contribution in [0.3, 0.4) is 0 Å². The van der Waals surface area contributed by atoms with Crippen molar-refractivity contribution in [2.45, 2.75) is 0 Å². The largest absolute Gasteiger partial charge is 0.493 e. The number of methoxy groups -OCH3 is 2. The lowest BCUT2D eigenvalue weighted by Gasteiger charge is -2.11. The molecule has 0 fully saturated rings. The maximum atomic E-state index is 5.74. The summed E-state index contributed by atoms with van der Waals surface area (Å²) in [6, 6.07) is 13.5. The van der Waals surface area contributed by atoms with Gasteiger partial charge >= 0.3 is 0 Å². The van der Waals surface area contributed by atoms with Gasteiger partial charge in [0.2, 0.25) is 0 Å². The Kier molecular flexibility index (Phi) is 3.36. The van der Waals surface area contributed by atoms with Crippen molar-refractivity contribution in [3.8, 4) is 22.8 Å². The Balaban J connectivity index is 2.26. The van der Waals surface area contributed by atoms with Crippen LogP contribution in [0, 0.1) is 0 Å². The number of nitrogens with zero attached hydrogens (tertiary/aromatic N) is 1. The molecule has 0 bridgehead atoms. The summed E-state index contributed by atoms with van der Waals surface area (Å²) in [6.07, 6.45) is 1.79. The second-order valence-corrected chi connectivity index (χ2v) is 4.71. The van der Waals surface area contributed by atoms with Gasteiger partial charge in [-0.15, -0.1) is 0 Å². The topological polar surface area (TPSA) is 57.4 Å². The molecule has 0 aliphatic heterocycles. The van der Waals surface area contributed by atoms with Gasteiger partial charge < -0.3 is 15.2 Å². The van der Waals surface area contributed by atoms with Crippen LogP contribution >= 0.6 is 0 Å². The van der Waals surface area contributed by atoms with Crippen molar-refractivity contribution in [2.24, 2.45) is 0 Å². The number of hydrogen-bond acceptors (Lipinski definition) is 4.